The van der Waals surface area contributed by atoms with Crippen molar-refractivity contribution in [3.8, 4) is 0 Å². The highest BCUT2D eigenvalue weighted by Gasteiger charge is 2.29. The van der Waals surface area contributed by atoms with Crippen molar-refractivity contribution in [2.45, 2.75) is 38.8 Å². The number of hydrogen-bond acceptors (Lipinski definition) is 4. The fraction of sp³-hybridized carbons (Fsp3) is 1.00. The molecule has 2 aliphatic rings. The van der Waals surface area contributed by atoms with Crippen molar-refractivity contribution in [3.05, 3.63) is 0 Å². The van der Waals surface area contributed by atoms with Gasteiger partial charge in [-0.1, -0.05) is 13.8 Å². The van der Waals surface area contributed by atoms with Crippen molar-refractivity contribution in [1.29, 1.82) is 0 Å². The Bertz CT molecular complexity index is 241. The lowest BCUT2D eigenvalue weighted by Crippen LogP contribution is -2.60. The maximum atomic E-state index is 9.48. The van der Waals surface area contributed by atoms with E-state index in [1.165, 1.54) is 32.5 Å². The normalized spacial score (nSPS) is 31.3. The summed E-state index contributed by atoms with van der Waals surface area (Å²) in [6, 6.07) is 0.883. The first kappa shape index (κ1) is 14.3. The molecule has 4 heteroatoms. The highest BCUT2D eigenvalue weighted by Crippen LogP contribution is 2.14. The second-order valence-electron chi connectivity index (χ2n) is 6.14. The molecule has 0 spiro atoms. The third-order valence-electron chi connectivity index (χ3n) is 4.48. The van der Waals surface area contributed by atoms with Gasteiger partial charge >= 0.3 is 0 Å². The summed E-state index contributed by atoms with van der Waals surface area (Å²) in [4.78, 5) is 5.04. The fourth-order valence-electron chi connectivity index (χ4n) is 3.06. The van der Waals surface area contributed by atoms with Gasteiger partial charge < -0.3 is 15.3 Å². The molecule has 2 heterocycles. The maximum Gasteiger partial charge on any atom is 0.0599 e. The summed E-state index contributed by atoms with van der Waals surface area (Å²) in [6.45, 7) is 11.6. The second kappa shape index (κ2) is 6.85. The molecule has 2 aliphatic heterocycles. The molecule has 2 rings (SSSR count). The van der Waals surface area contributed by atoms with E-state index in [2.05, 4.69) is 29.0 Å². The molecule has 0 aliphatic carbocycles. The Morgan fingerprint density at radius 2 is 1.94 bits per heavy atom. The molecule has 2 saturated heterocycles. The van der Waals surface area contributed by atoms with E-state index < -0.39 is 0 Å². The minimum absolute atomic E-state index is 0.276. The first-order valence-corrected chi connectivity index (χ1v) is 7.51. The lowest BCUT2D eigenvalue weighted by Gasteiger charge is -2.41. The topological polar surface area (TPSA) is 38.7 Å². The van der Waals surface area contributed by atoms with Crippen molar-refractivity contribution in [3.63, 3.8) is 0 Å². The highest BCUT2D eigenvalue weighted by molar-refractivity contribution is 4.87. The Morgan fingerprint density at radius 1 is 1.22 bits per heavy atom. The molecule has 0 bridgehead atoms. The largest absolute Gasteiger partial charge is 0.395 e. The molecule has 0 radical (unpaired) electrons. The Kier molecular flexibility index (Phi) is 5.42. The Hall–Kier alpha value is -0.160. The standard InChI is InChI=1S/C14H29N3O/c1-12(2)14-10-17(13(11-18)9-15-14)8-7-16-5-3-4-6-16/h12-15,18H,3-11H2,1-2H3. The Labute approximate surface area is 111 Å². The Morgan fingerprint density at radius 3 is 2.56 bits per heavy atom. The zero-order chi connectivity index (χ0) is 13.0. The number of aliphatic hydroxyl groups is 1. The van der Waals surface area contributed by atoms with Crippen LogP contribution in [-0.2, 0) is 0 Å². The zero-order valence-electron chi connectivity index (χ0n) is 11.9. The smallest absolute Gasteiger partial charge is 0.0599 e. The molecule has 2 unspecified atom stereocenters. The number of piperazine rings is 1. The van der Waals surface area contributed by atoms with Gasteiger partial charge in [-0.2, -0.15) is 0 Å². The van der Waals surface area contributed by atoms with Crippen LogP contribution in [0, 0.1) is 5.92 Å². The summed E-state index contributed by atoms with van der Waals surface area (Å²) >= 11 is 0. The molecule has 2 atom stereocenters. The van der Waals surface area contributed by atoms with Crippen molar-refractivity contribution in [2.75, 3.05) is 45.9 Å². The van der Waals surface area contributed by atoms with Crippen molar-refractivity contribution in [2.24, 2.45) is 5.92 Å². The summed E-state index contributed by atoms with van der Waals surface area (Å²) in [6.07, 6.45) is 2.72. The van der Waals surface area contributed by atoms with Crippen LogP contribution in [0.3, 0.4) is 0 Å². The lowest BCUT2D eigenvalue weighted by molar-refractivity contribution is 0.0635. The fourth-order valence-corrected chi connectivity index (χ4v) is 3.06. The van der Waals surface area contributed by atoms with E-state index in [-0.39, 0.29) is 6.61 Å². The van der Waals surface area contributed by atoms with Gasteiger partial charge in [-0.3, -0.25) is 4.90 Å². The van der Waals surface area contributed by atoms with Crippen LogP contribution in [0.5, 0.6) is 0 Å². The molecule has 0 aromatic heterocycles. The van der Waals surface area contributed by atoms with Crippen LogP contribution in [0.25, 0.3) is 0 Å². The van der Waals surface area contributed by atoms with Crippen molar-refractivity contribution < 1.29 is 5.11 Å². The molecule has 2 fully saturated rings. The van der Waals surface area contributed by atoms with Gasteiger partial charge in [-0.05, 0) is 31.8 Å². The lowest BCUT2D eigenvalue weighted by atomic mass is 9.99. The van der Waals surface area contributed by atoms with Crippen molar-refractivity contribution >= 4 is 0 Å². The van der Waals surface area contributed by atoms with Gasteiger partial charge in [0.15, 0.2) is 0 Å². The number of nitrogens with one attached hydrogen (secondary N) is 1. The van der Waals surface area contributed by atoms with Gasteiger partial charge in [0.05, 0.1) is 6.61 Å². The predicted octanol–water partition coefficient (Wildman–Crippen LogP) is 0.373. The van der Waals surface area contributed by atoms with E-state index in [0.717, 1.165) is 19.6 Å². The molecule has 0 aromatic carbocycles. The van der Waals surface area contributed by atoms with E-state index in [1.807, 2.05) is 0 Å². The molecule has 4 nitrogen and oxygen atoms in total. The van der Waals surface area contributed by atoms with Gasteiger partial charge in [0, 0.05) is 38.3 Å². The molecule has 18 heavy (non-hydrogen) atoms. The summed E-state index contributed by atoms with van der Waals surface area (Å²) in [5, 5.41) is 13.0. The van der Waals surface area contributed by atoms with Crippen LogP contribution in [0.1, 0.15) is 26.7 Å². The second-order valence-corrected chi connectivity index (χ2v) is 6.14. The summed E-state index contributed by atoms with van der Waals surface area (Å²) in [5.41, 5.74) is 0. The summed E-state index contributed by atoms with van der Waals surface area (Å²) in [5.74, 6) is 0.666. The molecular formula is C14H29N3O. The van der Waals surface area contributed by atoms with E-state index in [0.29, 0.717) is 18.0 Å². The monoisotopic (exact) mass is 255 g/mol. The number of hydrogen-bond donors (Lipinski definition) is 2. The van der Waals surface area contributed by atoms with E-state index >= 15 is 0 Å². The minimum atomic E-state index is 0.276. The minimum Gasteiger partial charge on any atom is -0.395 e. The van der Waals surface area contributed by atoms with Crippen LogP contribution in [0.4, 0.5) is 0 Å². The van der Waals surface area contributed by atoms with E-state index in [1.54, 1.807) is 0 Å². The van der Waals surface area contributed by atoms with E-state index in [9.17, 15) is 5.11 Å². The molecule has 0 saturated carbocycles. The summed E-state index contributed by atoms with van der Waals surface area (Å²) < 4.78 is 0. The van der Waals surface area contributed by atoms with E-state index in [4.69, 9.17) is 0 Å². The third-order valence-corrected chi connectivity index (χ3v) is 4.48. The van der Waals surface area contributed by atoms with Crippen LogP contribution in [0.2, 0.25) is 0 Å². The van der Waals surface area contributed by atoms with Crippen LogP contribution in [0.15, 0.2) is 0 Å². The molecule has 0 aromatic rings. The number of likely N-dealkylation sites (tertiary alicyclic amines) is 1. The summed E-state index contributed by atoms with van der Waals surface area (Å²) in [7, 11) is 0. The highest BCUT2D eigenvalue weighted by atomic mass is 16.3. The third kappa shape index (κ3) is 3.67. The first-order chi connectivity index (χ1) is 8.70. The van der Waals surface area contributed by atoms with Gasteiger partial charge in [0.1, 0.15) is 0 Å². The van der Waals surface area contributed by atoms with Gasteiger partial charge in [0.2, 0.25) is 0 Å². The first-order valence-electron chi connectivity index (χ1n) is 7.51. The van der Waals surface area contributed by atoms with Gasteiger partial charge in [-0.15, -0.1) is 0 Å². The average molecular weight is 255 g/mol. The van der Waals surface area contributed by atoms with Crippen molar-refractivity contribution in [1.82, 2.24) is 15.1 Å². The molecule has 106 valence electrons. The van der Waals surface area contributed by atoms with Gasteiger partial charge in [-0.25, -0.2) is 0 Å². The number of nitrogens with zero attached hydrogens (tertiary/aromatic N) is 2. The predicted molar refractivity (Wildman–Crippen MR) is 74.7 cm³/mol. The van der Waals surface area contributed by atoms with Gasteiger partial charge in [0.25, 0.3) is 0 Å². The quantitative estimate of drug-likeness (QED) is 0.745. The number of aliphatic hydroxyl groups excluding tert-OH is 1. The van der Waals surface area contributed by atoms with Crippen LogP contribution in [-0.4, -0.2) is 72.9 Å². The SMILES string of the molecule is CC(C)C1CN(CCN2CCCC2)C(CO)CN1. The van der Waals surface area contributed by atoms with Crippen LogP contribution >= 0.6 is 0 Å². The zero-order valence-corrected chi connectivity index (χ0v) is 11.9. The van der Waals surface area contributed by atoms with Crippen LogP contribution < -0.4 is 5.32 Å². The molecular weight excluding hydrogens is 226 g/mol. The maximum absolute atomic E-state index is 9.48. The molecule has 2 N–H and O–H groups in total. The molecule has 0 amide bonds. The average Bonchev–Trinajstić information content (AvgIpc) is 2.89. The Balaban J connectivity index is 1.81. The number of rotatable bonds is 5.